The van der Waals surface area contributed by atoms with Gasteiger partial charge in [-0.05, 0) is 24.6 Å². The van der Waals surface area contributed by atoms with E-state index < -0.39 is 5.60 Å². The molecule has 0 aliphatic heterocycles. The lowest BCUT2D eigenvalue weighted by Crippen LogP contribution is -2.24. The molecule has 0 amide bonds. The van der Waals surface area contributed by atoms with Crippen molar-refractivity contribution in [2.75, 3.05) is 7.11 Å². The van der Waals surface area contributed by atoms with Crippen LogP contribution in [0.3, 0.4) is 0 Å². The third-order valence-electron chi connectivity index (χ3n) is 2.87. The fourth-order valence-corrected chi connectivity index (χ4v) is 1.89. The maximum Gasteiger partial charge on any atom is 0.119 e. The summed E-state index contributed by atoms with van der Waals surface area (Å²) >= 11 is 0. The van der Waals surface area contributed by atoms with Crippen LogP contribution in [0, 0.1) is 0 Å². The van der Waals surface area contributed by atoms with Gasteiger partial charge in [0.05, 0.1) is 18.4 Å². The predicted octanol–water partition coefficient (Wildman–Crippen LogP) is 1.27. The second-order valence-corrected chi connectivity index (χ2v) is 4.57. The Morgan fingerprint density at radius 2 is 2.22 bits per heavy atom. The van der Waals surface area contributed by atoms with Crippen LogP contribution in [0.25, 0.3) is 0 Å². The van der Waals surface area contributed by atoms with E-state index >= 15 is 0 Å². The van der Waals surface area contributed by atoms with Crippen LogP contribution >= 0.6 is 0 Å². The van der Waals surface area contributed by atoms with Crippen LogP contribution in [0.2, 0.25) is 0 Å². The minimum Gasteiger partial charge on any atom is -0.497 e. The molecule has 0 bridgehead atoms. The van der Waals surface area contributed by atoms with E-state index in [1.54, 1.807) is 32.0 Å². The summed E-state index contributed by atoms with van der Waals surface area (Å²) in [5, 5.41) is 18.4. The Morgan fingerprint density at radius 1 is 1.44 bits per heavy atom. The number of rotatable bonds is 4. The van der Waals surface area contributed by atoms with Crippen molar-refractivity contribution in [3.63, 3.8) is 0 Å². The molecule has 0 aliphatic rings. The van der Waals surface area contributed by atoms with Crippen LogP contribution in [0.1, 0.15) is 18.2 Å². The largest absolute Gasteiger partial charge is 0.497 e. The van der Waals surface area contributed by atoms with E-state index in [9.17, 15) is 5.11 Å². The molecule has 0 saturated heterocycles. The lowest BCUT2D eigenvalue weighted by molar-refractivity contribution is 0.0563. The molecule has 2 rings (SSSR count). The van der Waals surface area contributed by atoms with E-state index in [1.807, 2.05) is 24.3 Å². The van der Waals surface area contributed by atoms with Gasteiger partial charge in [0.1, 0.15) is 5.75 Å². The third kappa shape index (κ3) is 2.68. The van der Waals surface area contributed by atoms with E-state index in [0.717, 1.165) is 17.0 Å². The quantitative estimate of drug-likeness (QED) is 0.884. The number of methoxy groups -OCH3 is 1. The smallest absolute Gasteiger partial charge is 0.119 e. The van der Waals surface area contributed by atoms with Gasteiger partial charge in [0.15, 0.2) is 0 Å². The molecule has 1 aromatic heterocycles. The van der Waals surface area contributed by atoms with Crippen LogP contribution in [-0.2, 0) is 19.1 Å². The normalized spacial score (nSPS) is 14.2. The molecule has 1 atom stereocenters. The topological polar surface area (TPSA) is 60.2 Å². The van der Waals surface area contributed by atoms with E-state index in [4.69, 9.17) is 4.74 Å². The van der Waals surface area contributed by atoms with Gasteiger partial charge >= 0.3 is 0 Å². The molecule has 1 heterocycles. The first kappa shape index (κ1) is 12.6. The van der Waals surface area contributed by atoms with Crippen molar-refractivity contribution < 1.29 is 9.84 Å². The van der Waals surface area contributed by atoms with Crippen LogP contribution in [0.4, 0.5) is 0 Å². The SMILES string of the molecule is COc1cccc(C(C)(O)Cc2cn(C)nn2)c1. The van der Waals surface area contributed by atoms with Crippen LogP contribution in [0.5, 0.6) is 5.75 Å². The fourth-order valence-electron chi connectivity index (χ4n) is 1.89. The average molecular weight is 247 g/mol. The Labute approximate surface area is 106 Å². The fraction of sp³-hybridized carbons (Fsp3) is 0.385. The van der Waals surface area contributed by atoms with Gasteiger partial charge in [-0.25, -0.2) is 0 Å². The first-order valence-corrected chi connectivity index (χ1v) is 5.73. The van der Waals surface area contributed by atoms with Crippen molar-refractivity contribution in [1.82, 2.24) is 15.0 Å². The summed E-state index contributed by atoms with van der Waals surface area (Å²) < 4.78 is 6.78. The highest BCUT2D eigenvalue weighted by Gasteiger charge is 2.25. The molecule has 0 aliphatic carbocycles. The van der Waals surface area contributed by atoms with Crippen molar-refractivity contribution >= 4 is 0 Å². The van der Waals surface area contributed by atoms with Gasteiger partial charge in [-0.15, -0.1) is 5.10 Å². The Bertz CT molecular complexity index is 535. The van der Waals surface area contributed by atoms with E-state index in [2.05, 4.69) is 10.3 Å². The molecule has 0 saturated carbocycles. The molecule has 5 nitrogen and oxygen atoms in total. The second-order valence-electron chi connectivity index (χ2n) is 4.57. The maximum atomic E-state index is 10.5. The Balaban J connectivity index is 2.23. The molecule has 0 spiro atoms. The second kappa shape index (κ2) is 4.78. The van der Waals surface area contributed by atoms with Gasteiger partial charge in [0.25, 0.3) is 0 Å². The van der Waals surface area contributed by atoms with Crippen molar-refractivity contribution in [2.45, 2.75) is 18.9 Å². The summed E-state index contributed by atoms with van der Waals surface area (Å²) in [6.07, 6.45) is 2.21. The molecule has 2 aromatic rings. The van der Waals surface area contributed by atoms with Gasteiger partial charge in [-0.2, -0.15) is 0 Å². The summed E-state index contributed by atoms with van der Waals surface area (Å²) in [5.74, 6) is 0.729. The molecule has 18 heavy (non-hydrogen) atoms. The summed E-state index contributed by atoms with van der Waals surface area (Å²) in [4.78, 5) is 0. The van der Waals surface area contributed by atoms with Crippen LogP contribution < -0.4 is 4.74 Å². The van der Waals surface area contributed by atoms with Crippen molar-refractivity contribution in [2.24, 2.45) is 7.05 Å². The highest BCUT2D eigenvalue weighted by Crippen LogP contribution is 2.27. The molecule has 0 fully saturated rings. The minimum atomic E-state index is -0.995. The number of benzene rings is 1. The van der Waals surface area contributed by atoms with Gasteiger partial charge < -0.3 is 9.84 Å². The molecule has 1 aromatic carbocycles. The zero-order valence-electron chi connectivity index (χ0n) is 10.8. The highest BCUT2D eigenvalue weighted by molar-refractivity contribution is 5.32. The summed E-state index contributed by atoms with van der Waals surface area (Å²) in [5.41, 5.74) is 0.558. The van der Waals surface area contributed by atoms with E-state index in [0.29, 0.717) is 6.42 Å². The number of nitrogens with zero attached hydrogens (tertiary/aromatic N) is 3. The Kier molecular flexibility index (Phi) is 3.34. The molecular weight excluding hydrogens is 230 g/mol. The summed E-state index contributed by atoms with van der Waals surface area (Å²) in [7, 11) is 3.41. The van der Waals surface area contributed by atoms with E-state index in [-0.39, 0.29) is 0 Å². The molecule has 5 heteroatoms. The maximum absolute atomic E-state index is 10.5. The highest BCUT2D eigenvalue weighted by atomic mass is 16.5. The summed E-state index contributed by atoms with van der Waals surface area (Å²) in [6, 6.07) is 7.41. The first-order valence-electron chi connectivity index (χ1n) is 5.73. The zero-order valence-corrected chi connectivity index (χ0v) is 10.8. The number of hydrogen-bond acceptors (Lipinski definition) is 4. The lowest BCUT2D eigenvalue weighted by atomic mass is 9.91. The molecule has 96 valence electrons. The van der Waals surface area contributed by atoms with Crippen LogP contribution in [0.15, 0.2) is 30.5 Å². The monoisotopic (exact) mass is 247 g/mol. The number of aryl methyl sites for hydroxylation is 1. The molecule has 1 N–H and O–H groups in total. The average Bonchev–Trinajstić information content (AvgIpc) is 2.74. The number of ether oxygens (including phenoxy) is 1. The Hall–Kier alpha value is -1.88. The van der Waals surface area contributed by atoms with Gasteiger partial charge in [0.2, 0.25) is 0 Å². The lowest BCUT2D eigenvalue weighted by Gasteiger charge is -2.23. The standard InChI is InChI=1S/C13H17N3O2/c1-13(17,8-11-9-16(2)15-14-11)10-5-4-6-12(7-10)18-3/h4-7,9,17H,8H2,1-3H3. The third-order valence-corrected chi connectivity index (χ3v) is 2.87. The predicted molar refractivity (Wildman–Crippen MR) is 67.3 cm³/mol. The van der Waals surface area contributed by atoms with Gasteiger partial charge in [0, 0.05) is 19.7 Å². The van der Waals surface area contributed by atoms with Gasteiger partial charge in [-0.3, -0.25) is 4.68 Å². The van der Waals surface area contributed by atoms with Crippen molar-refractivity contribution in [1.29, 1.82) is 0 Å². The van der Waals surface area contributed by atoms with E-state index in [1.165, 1.54) is 0 Å². The number of aromatic nitrogens is 3. The number of aliphatic hydroxyl groups is 1. The zero-order chi connectivity index (χ0) is 13.2. The summed E-state index contributed by atoms with van der Waals surface area (Å²) in [6.45, 7) is 1.76. The Morgan fingerprint density at radius 3 is 2.83 bits per heavy atom. The van der Waals surface area contributed by atoms with Crippen molar-refractivity contribution in [3.05, 3.63) is 41.7 Å². The molecule has 1 unspecified atom stereocenters. The van der Waals surface area contributed by atoms with Crippen LogP contribution in [-0.4, -0.2) is 27.2 Å². The van der Waals surface area contributed by atoms with Gasteiger partial charge in [-0.1, -0.05) is 17.3 Å². The molecule has 0 radical (unpaired) electrons. The molecular formula is C13H17N3O2. The van der Waals surface area contributed by atoms with Crippen molar-refractivity contribution in [3.8, 4) is 5.75 Å². The first-order chi connectivity index (χ1) is 8.51. The minimum absolute atomic E-state index is 0.411. The number of hydrogen-bond donors (Lipinski definition) is 1.